The number of hydrogen-bond acceptors (Lipinski definition) is 3. The number of rotatable bonds is 4. The topological polar surface area (TPSA) is 40.5 Å². The van der Waals surface area contributed by atoms with Gasteiger partial charge in [-0.2, -0.15) is 0 Å². The summed E-state index contributed by atoms with van der Waals surface area (Å²) in [5.41, 5.74) is 4.95. The summed E-state index contributed by atoms with van der Waals surface area (Å²) in [6.07, 6.45) is 3.83. The second-order valence-corrected chi connectivity index (χ2v) is 7.53. The molecule has 0 fully saturated rings. The highest BCUT2D eigenvalue weighted by Gasteiger charge is 2.28. The number of carbonyl (C=O) groups excluding carboxylic acids is 1. The molecule has 3 aromatic carbocycles. The largest absolute Gasteiger partial charge is 0.489 e. The molecule has 1 aromatic heterocycles. The van der Waals surface area contributed by atoms with Crippen LogP contribution in [0.5, 0.6) is 11.5 Å². The molecule has 0 amide bonds. The Balaban J connectivity index is 1.40. The van der Waals surface area contributed by atoms with Gasteiger partial charge < -0.3 is 14.0 Å². The minimum Gasteiger partial charge on any atom is -0.489 e. The number of Topliss-reactive ketones (excluding diaryl/α,β-unsaturated/α-hetero) is 1. The predicted molar refractivity (Wildman–Crippen MR) is 118 cm³/mol. The van der Waals surface area contributed by atoms with E-state index in [1.807, 2.05) is 66.4 Å². The maximum atomic E-state index is 12.8. The third-order valence-corrected chi connectivity index (χ3v) is 5.51. The van der Waals surface area contributed by atoms with Gasteiger partial charge in [-0.25, -0.2) is 0 Å². The second kappa shape index (κ2) is 7.23. The molecule has 0 atom stereocenters. The van der Waals surface area contributed by atoms with Crippen molar-refractivity contribution < 1.29 is 14.3 Å². The number of para-hydroxylation sites is 1. The molecule has 4 aromatic rings. The Hall–Kier alpha value is -3.79. The first-order valence-corrected chi connectivity index (χ1v) is 9.90. The van der Waals surface area contributed by atoms with E-state index in [2.05, 4.69) is 19.1 Å². The maximum Gasteiger partial charge on any atom is 0.231 e. The number of allylic oxidation sites excluding steroid dienone is 1. The lowest BCUT2D eigenvalue weighted by Gasteiger charge is -2.09. The van der Waals surface area contributed by atoms with Gasteiger partial charge in [0.25, 0.3) is 0 Å². The zero-order chi connectivity index (χ0) is 20.7. The van der Waals surface area contributed by atoms with Crippen molar-refractivity contribution in [1.82, 2.24) is 4.57 Å². The summed E-state index contributed by atoms with van der Waals surface area (Å²) in [5, 5.41) is 1.09. The average molecular weight is 395 g/mol. The van der Waals surface area contributed by atoms with Crippen LogP contribution in [0.2, 0.25) is 0 Å². The minimum absolute atomic E-state index is 0.108. The number of aryl methyl sites for hydroxylation is 2. The number of benzene rings is 3. The monoisotopic (exact) mass is 395 g/mol. The van der Waals surface area contributed by atoms with E-state index in [1.54, 1.807) is 12.1 Å². The third kappa shape index (κ3) is 3.16. The van der Waals surface area contributed by atoms with E-state index in [4.69, 9.17) is 9.47 Å². The van der Waals surface area contributed by atoms with Gasteiger partial charge in [-0.3, -0.25) is 4.79 Å². The van der Waals surface area contributed by atoms with E-state index >= 15 is 0 Å². The molecule has 30 heavy (non-hydrogen) atoms. The van der Waals surface area contributed by atoms with Crippen molar-refractivity contribution in [2.45, 2.75) is 13.5 Å². The Morgan fingerprint density at radius 3 is 2.70 bits per heavy atom. The molecule has 1 aliphatic heterocycles. The van der Waals surface area contributed by atoms with Gasteiger partial charge in [-0.15, -0.1) is 0 Å². The molecule has 148 valence electrons. The second-order valence-electron chi connectivity index (χ2n) is 7.53. The number of aromatic nitrogens is 1. The van der Waals surface area contributed by atoms with Gasteiger partial charge in [0, 0.05) is 35.8 Å². The first-order valence-electron chi connectivity index (χ1n) is 9.90. The van der Waals surface area contributed by atoms with E-state index in [-0.39, 0.29) is 5.78 Å². The van der Waals surface area contributed by atoms with Crippen LogP contribution in [0.15, 0.2) is 78.7 Å². The number of hydrogen-bond donors (Lipinski definition) is 0. The summed E-state index contributed by atoms with van der Waals surface area (Å²) in [6.45, 7) is 2.53. The van der Waals surface area contributed by atoms with Crippen molar-refractivity contribution in [3.8, 4) is 11.5 Å². The number of ketones is 1. The molecule has 1 aliphatic rings. The number of fused-ring (bicyclic) bond motifs is 2. The molecule has 0 bridgehead atoms. The van der Waals surface area contributed by atoms with Gasteiger partial charge in [-0.1, -0.05) is 42.5 Å². The number of nitrogens with zero attached hydrogens (tertiary/aromatic N) is 1. The third-order valence-electron chi connectivity index (χ3n) is 5.51. The average Bonchev–Trinajstić information content (AvgIpc) is 3.24. The van der Waals surface area contributed by atoms with Crippen LogP contribution in [0.25, 0.3) is 17.0 Å². The van der Waals surface area contributed by atoms with Crippen LogP contribution in [-0.2, 0) is 13.7 Å². The van der Waals surface area contributed by atoms with Crippen molar-refractivity contribution in [2.24, 2.45) is 7.05 Å². The van der Waals surface area contributed by atoms with Gasteiger partial charge >= 0.3 is 0 Å². The smallest absolute Gasteiger partial charge is 0.231 e. The number of ether oxygens (including phenoxy) is 2. The standard InChI is InChI=1S/C26H21NO3/c1-17-7-3-4-8-18(17)16-29-20-11-12-22-24(14-20)30-25(26(22)28)13-19-15-27(2)23-10-6-5-9-21(19)23/h3-15H,16H2,1-2H3/b25-13-. The quantitative estimate of drug-likeness (QED) is 0.417. The van der Waals surface area contributed by atoms with Crippen LogP contribution >= 0.6 is 0 Å². The fourth-order valence-electron chi connectivity index (χ4n) is 3.82. The van der Waals surface area contributed by atoms with Crippen molar-refractivity contribution in [3.05, 3.63) is 101 Å². The molecule has 0 unspecified atom stereocenters. The van der Waals surface area contributed by atoms with Crippen LogP contribution < -0.4 is 9.47 Å². The molecule has 0 spiro atoms. The first-order chi connectivity index (χ1) is 14.6. The van der Waals surface area contributed by atoms with Crippen LogP contribution in [0, 0.1) is 6.92 Å². The zero-order valence-electron chi connectivity index (χ0n) is 16.9. The highest BCUT2D eigenvalue weighted by atomic mass is 16.5. The Bertz CT molecular complexity index is 1310. The Labute approximate surface area is 175 Å². The van der Waals surface area contributed by atoms with Crippen molar-refractivity contribution in [2.75, 3.05) is 0 Å². The van der Waals surface area contributed by atoms with Gasteiger partial charge in [0.15, 0.2) is 5.76 Å². The molecule has 2 heterocycles. The Kier molecular flexibility index (Phi) is 4.40. The molecule has 0 aliphatic carbocycles. The maximum absolute atomic E-state index is 12.8. The lowest BCUT2D eigenvalue weighted by atomic mass is 10.1. The van der Waals surface area contributed by atoms with E-state index in [0.717, 1.165) is 22.0 Å². The van der Waals surface area contributed by atoms with E-state index in [9.17, 15) is 4.79 Å². The lowest BCUT2D eigenvalue weighted by Crippen LogP contribution is -1.98. The van der Waals surface area contributed by atoms with Gasteiger partial charge in [0.2, 0.25) is 5.78 Å². The highest BCUT2D eigenvalue weighted by molar-refractivity contribution is 6.15. The molecule has 0 N–H and O–H groups in total. The van der Waals surface area contributed by atoms with Crippen LogP contribution in [0.1, 0.15) is 27.0 Å². The first kappa shape index (κ1) is 18.3. The summed E-state index contributed by atoms with van der Waals surface area (Å²) < 4.78 is 13.9. The minimum atomic E-state index is -0.108. The molecule has 0 saturated heterocycles. The molecule has 4 nitrogen and oxygen atoms in total. The van der Waals surface area contributed by atoms with Gasteiger partial charge in [0.1, 0.15) is 18.1 Å². The summed E-state index contributed by atoms with van der Waals surface area (Å²) in [4.78, 5) is 12.8. The Morgan fingerprint density at radius 2 is 1.83 bits per heavy atom. The van der Waals surface area contributed by atoms with E-state index in [1.165, 1.54) is 5.56 Å². The van der Waals surface area contributed by atoms with E-state index in [0.29, 0.717) is 29.4 Å². The van der Waals surface area contributed by atoms with Crippen LogP contribution in [0.3, 0.4) is 0 Å². The van der Waals surface area contributed by atoms with Crippen molar-refractivity contribution in [3.63, 3.8) is 0 Å². The lowest BCUT2D eigenvalue weighted by molar-refractivity contribution is 0.101. The van der Waals surface area contributed by atoms with Gasteiger partial charge in [0.05, 0.1) is 5.56 Å². The van der Waals surface area contributed by atoms with Crippen LogP contribution in [-0.4, -0.2) is 10.4 Å². The van der Waals surface area contributed by atoms with Gasteiger partial charge in [-0.05, 0) is 42.3 Å². The molecule has 0 radical (unpaired) electrons. The normalized spacial score (nSPS) is 14.2. The molecular weight excluding hydrogens is 374 g/mol. The highest BCUT2D eigenvalue weighted by Crippen LogP contribution is 2.36. The fraction of sp³-hybridized carbons (Fsp3) is 0.115. The number of carbonyl (C=O) groups is 1. The SMILES string of the molecule is Cc1ccccc1COc1ccc2c(c1)O/C(=C\c1cn(C)c3ccccc13)C2=O. The summed E-state index contributed by atoms with van der Waals surface area (Å²) >= 11 is 0. The summed E-state index contributed by atoms with van der Waals surface area (Å²) in [6, 6.07) is 21.6. The molecular formula is C26H21NO3. The van der Waals surface area contributed by atoms with Crippen molar-refractivity contribution >= 4 is 22.8 Å². The van der Waals surface area contributed by atoms with E-state index < -0.39 is 0 Å². The zero-order valence-corrected chi connectivity index (χ0v) is 16.9. The van der Waals surface area contributed by atoms with Crippen molar-refractivity contribution in [1.29, 1.82) is 0 Å². The Morgan fingerprint density at radius 1 is 1.03 bits per heavy atom. The summed E-state index contributed by atoms with van der Waals surface area (Å²) in [7, 11) is 1.99. The summed E-state index contributed by atoms with van der Waals surface area (Å²) in [5.74, 6) is 1.44. The molecule has 5 rings (SSSR count). The van der Waals surface area contributed by atoms with Crippen LogP contribution in [0.4, 0.5) is 0 Å². The fourth-order valence-corrected chi connectivity index (χ4v) is 3.82. The molecule has 0 saturated carbocycles. The molecule has 4 heteroatoms. The predicted octanol–water partition coefficient (Wildman–Crippen LogP) is 5.68.